The molecule has 1 aliphatic rings. The second-order valence-corrected chi connectivity index (χ2v) is 8.74. The van der Waals surface area contributed by atoms with E-state index in [1.54, 1.807) is 33.7 Å². The summed E-state index contributed by atoms with van der Waals surface area (Å²) >= 11 is 0. The number of hydrogen-bond acceptors (Lipinski definition) is 5. The molecule has 0 spiro atoms. The average Bonchev–Trinajstić information content (AvgIpc) is 3.30. The summed E-state index contributed by atoms with van der Waals surface area (Å²) in [6.45, 7) is 2.57. The van der Waals surface area contributed by atoms with Crippen LogP contribution in [-0.2, 0) is 4.79 Å². The zero-order valence-electron chi connectivity index (χ0n) is 20.9. The summed E-state index contributed by atoms with van der Waals surface area (Å²) in [6, 6.07) is 9.63. The van der Waals surface area contributed by atoms with Crippen LogP contribution >= 0.6 is 0 Å². The molecule has 3 aromatic rings. The van der Waals surface area contributed by atoms with E-state index in [2.05, 4.69) is 11.4 Å². The van der Waals surface area contributed by atoms with E-state index in [4.69, 9.17) is 18.6 Å². The Balaban J connectivity index is 1.59. The molecule has 6 heteroatoms. The molecule has 6 nitrogen and oxygen atoms in total. The van der Waals surface area contributed by atoms with Gasteiger partial charge in [-0.2, -0.15) is 0 Å². The standard InChI is InChI=1S/C29H33NO5/c1-19(14-29(31)30-13-12-20-8-6-5-7-9-20)22-16-23-24(18-35-27(23)17-26(22)33-3)21-10-11-25(32-2)28(15-21)34-4/h8,10-11,14-18H,5-7,9,12-13H2,1-4H3,(H,30,31)/b19-14+. The molecule has 1 amide bonds. The molecule has 0 saturated carbocycles. The lowest BCUT2D eigenvalue weighted by molar-refractivity contribution is -0.116. The quantitative estimate of drug-likeness (QED) is 0.281. The topological polar surface area (TPSA) is 69.9 Å². The molecule has 1 aliphatic carbocycles. The summed E-state index contributed by atoms with van der Waals surface area (Å²) in [5.41, 5.74) is 5.67. The fourth-order valence-corrected chi connectivity index (χ4v) is 4.56. The van der Waals surface area contributed by atoms with E-state index in [0.29, 0.717) is 29.4 Å². The number of nitrogens with one attached hydrogen (secondary N) is 1. The maximum atomic E-state index is 12.6. The third-order valence-electron chi connectivity index (χ3n) is 6.49. The normalized spacial score (nSPS) is 13.9. The highest BCUT2D eigenvalue weighted by Crippen LogP contribution is 2.39. The van der Waals surface area contributed by atoms with Crippen molar-refractivity contribution in [1.29, 1.82) is 0 Å². The molecule has 1 heterocycles. The first-order valence-electron chi connectivity index (χ1n) is 12.0. The number of fused-ring (bicyclic) bond motifs is 1. The third-order valence-corrected chi connectivity index (χ3v) is 6.49. The van der Waals surface area contributed by atoms with Crippen LogP contribution in [0, 0.1) is 0 Å². The molecule has 0 aliphatic heterocycles. The number of hydrogen-bond donors (Lipinski definition) is 1. The van der Waals surface area contributed by atoms with Gasteiger partial charge in [0.2, 0.25) is 5.91 Å². The highest BCUT2D eigenvalue weighted by atomic mass is 16.5. The molecule has 0 fully saturated rings. The molecule has 184 valence electrons. The molecule has 0 unspecified atom stereocenters. The zero-order valence-corrected chi connectivity index (χ0v) is 20.9. The van der Waals surface area contributed by atoms with E-state index in [-0.39, 0.29) is 5.91 Å². The first-order valence-corrected chi connectivity index (χ1v) is 12.0. The van der Waals surface area contributed by atoms with Gasteiger partial charge in [-0.3, -0.25) is 4.79 Å². The number of carbonyl (C=O) groups excluding carboxylic acids is 1. The van der Waals surface area contributed by atoms with Crippen molar-refractivity contribution >= 4 is 22.4 Å². The van der Waals surface area contributed by atoms with E-state index in [9.17, 15) is 4.79 Å². The fourth-order valence-electron chi connectivity index (χ4n) is 4.56. The van der Waals surface area contributed by atoms with Crippen molar-refractivity contribution in [1.82, 2.24) is 5.32 Å². The van der Waals surface area contributed by atoms with Gasteiger partial charge < -0.3 is 23.9 Å². The maximum absolute atomic E-state index is 12.6. The summed E-state index contributed by atoms with van der Waals surface area (Å²) < 4.78 is 22.3. The van der Waals surface area contributed by atoms with Gasteiger partial charge in [-0.25, -0.2) is 0 Å². The lowest BCUT2D eigenvalue weighted by Crippen LogP contribution is -2.23. The van der Waals surface area contributed by atoms with Crippen molar-refractivity contribution in [2.24, 2.45) is 0 Å². The lowest BCUT2D eigenvalue weighted by Gasteiger charge is -2.13. The van der Waals surface area contributed by atoms with Gasteiger partial charge in [0.25, 0.3) is 0 Å². The SMILES string of the molecule is COc1ccc(-c2coc3cc(OC)c(/C(C)=C/C(=O)NCCC4=CCCCC4)cc23)cc1OC. The van der Waals surface area contributed by atoms with Gasteiger partial charge in [-0.05, 0) is 68.4 Å². The smallest absolute Gasteiger partial charge is 0.244 e. The highest BCUT2D eigenvalue weighted by Gasteiger charge is 2.16. The van der Waals surface area contributed by atoms with Crippen LogP contribution < -0.4 is 19.5 Å². The largest absolute Gasteiger partial charge is 0.496 e. The highest BCUT2D eigenvalue weighted by molar-refractivity contribution is 6.00. The Kier molecular flexibility index (Phi) is 7.80. The van der Waals surface area contributed by atoms with Crippen LogP contribution in [0.5, 0.6) is 17.2 Å². The van der Waals surface area contributed by atoms with Gasteiger partial charge in [0.1, 0.15) is 11.3 Å². The average molecular weight is 476 g/mol. The monoisotopic (exact) mass is 475 g/mol. The Hall–Kier alpha value is -3.67. The van der Waals surface area contributed by atoms with Crippen LogP contribution in [0.4, 0.5) is 0 Å². The van der Waals surface area contributed by atoms with Gasteiger partial charge in [0, 0.05) is 35.2 Å². The molecule has 0 bridgehead atoms. The second-order valence-electron chi connectivity index (χ2n) is 8.74. The van der Waals surface area contributed by atoms with Crippen molar-refractivity contribution in [3.05, 3.63) is 59.9 Å². The third kappa shape index (κ3) is 5.53. The summed E-state index contributed by atoms with van der Waals surface area (Å²) in [6.07, 6.45) is 11.4. The van der Waals surface area contributed by atoms with Crippen molar-refractivity contribution in [3.8, 4) is 28.4 Å². The van der Waals surface area contributed by atoms with E-state index >= 15 is 0 Å². The minimum Gasteiger partial charge on any atom is -0.496 e. The van der Waals surface area contributed by atoms with Crippen molar-refractivity contribution in [2.75, 3.05) is 27.9 Å². The van der Waals surface area contributed by atoms with Gasteiger partial charge in [-0.1, -0.05) is 17.7 Å². The molecule has 0 radical (unpaired) electrons. The summed E-state index contributed by atoms with van der Waals surface area (Å²) in [5.74, 6) is 1.86. The number of rotatable bonds is 9. The molecule has 4 rings (SSSR count). The van der Waals surface area contributed by atoms with Crippen molar-refractivity contribution in [3.63, 3.8) is 0 Å². The maximum Gasteiger partial charge on any atom is 0.244 e. The minimum atomic E-state index is -0.103. The van der Waals surface area contributed by atoms with Crippen LogP contribution in [0.1, 0.15) is 44.6 Å². The van der Waals surface area contributed by atoms with Gasteiger partial charge >= 0.3 is 0 Å². The van der Waals surface area contributed by atoms with Gasteiger partial charge in [0.15, 0.2) is 11.5 Å². The zero-order chi connectivity index (χ0) is 24.8. The van der Waals surface area contributed by atoms with E-state index < -0.39 is 0 Å². The number of methoxy groups -OCH3 is 3. The first kappa shape index (κ1) is 24.5. The predicted octanol–water partition coefficient (Wildman–Crippen LogP) is 6.54. The van der Waals surface area contributed by atoms with Crippen LogP contribution in [-0.4, -0.2) is 33.8 Å². The molecule has 1 aromatic heterocycles. The Morgan fingerprint density at radius 3 is 2.54 bits per heavy atom. The van der Waals surface area contributed by atoms with E-state index in [0.717, 1.165) is 46.9 Å². The molecule has 0 saturated heterocycles. The van der Waals surface area contributed by atoms with E-state index in [1.165, 1.54) is 18.4 Å². The Morgan fingerprint density at radius 1 is 1.03 bits per heavy atom. The summed E-state index contributed by atoms with van der Waals surface area (Å²) in [7, 11) is 4.85. The van der Waals surface area contributed by atoms with Gasteiger partial charge in [0.05, 0.1) is 27.6 Å². The first-order chi connectivity index (χ1) is 17.0. The fraction of sp³-hybridized carbons (Fsp3) is 0.345. The molecular formula is C29H33NO5. The molecule has 0 atom stereocenters. The Bertz CT molecular complexity index is 1270. The summed E-state index contributed by atoms with van der Waals surface area (Å²) in [5, 5.41) is 3.94. The number of amides is 1. The van der Waals surface area contributed by atoms with Crippen LogP contribution in [0.3, 0.4) is 0 Å². The predicted molar refractivity (Wildman–Crippen MR) is 139 cm³/mol. The molecule has 2 aromatic carbocycles. The Labute approximate surface area is 206 Å². The molecule has 35 heavy (non-hydrogen) atoms. The van der Waals surface area contributed by atoms with E-state index in [1.807, 2.05) is 37.3 Å². The molecular weight excluding hydrogens is 442 g/mol. The van der Waals surface area contributed by atoms with Crippen LogP contribution in [0.25, 0.3) is 27.7 Å². The van der Waals surface area contributed by atoms with Crippen LogP contribution in [0.15, 0.2) is 58.7 Å². The minimum absolute atomic E-state index is 0.103. The number of carbonyl (C=O) groups is 1. The van der Waals surface area contributed by atoms with Crippen molar-refractivity contribution < 1.29 is 23.4 Å². The number of ether oxygens (including phenoxy) is 3. The van der Waals surface area contributed by atoms with Gasteiger partial charge in [-0.15, -0.1) is 0 Å². The summed E-state index contributed by atoms with van der Waals surface area (Å²) in [4.78, 5) is 12.6. The number of allylic oxidation sites excluding steroid dienone is 2. The van der Waals surface area contributed by atoms with Crippen LogP contribution in [0.2, 0.25) is 0 Å². The number of benzene rings is 2. The lowest BCUT2D eigenvalue weighted by atomic mass is 9.97. The molecule has 1 N–H and O–H groups in total. The Morgan fingerprint density at radius 2 is 1.83 bits per heavy atom. The van der Waals surface area contributed by atoms with Crippen molar-refractivity contribution in [2.45, 2.75) is 39.0 Å². The second kappa shape index (κ2) is 11.2. The number of furan rings is 1.